The van der Waals surface area contributed by atoms with Gasteiger partial charge in [-0.05, 0) is 12.5 Å². The molecule has 0 heterocycles. The van der Waals surface area contributed by atoms with E-state index in [1.807, 2.05) is 6.92 Å². The van der Waals surface area contributed by atoms with Crippen LogP contribution in [0.2, 0.25) is 0 Å². The van der Waals surface area contributed by atoms with Gasteiger partial charge >= 0.3 is 5.97 Å². The Bertz CT molecular complexity index is 414. The Morgan fingerprint density at radius 3 is 2.69 bits per heavy atom. The fourth-order valence-electron chi connectivity index (χ4n) is 1.46. The number of hydrogen-bond acceptors (Lipinski definition) is 4. The first-order valence-corrected chi connectivity index (χ1v) is 4.95. The highest BCUT2D eigenvalue weighted by molar-refractivity contribution is 5.90. The van der Waals surface area contributed by atoms with Gasteiger partial charge in [0, 0.05) is 11.6 Å². The summed E-state index contributed by atoms with van der Waals surface area (Å²) in [6, 6.07) is 4.41. The maximum absolute atomic E-state index is 11.2. The van der Waals surface area contributed by atoms with Crippen LogP contribution in [0.15, 0.2) is 18.2 Å². The monoisotopic (exact) mass is 223 g/mol. The molecule has 0 saturated heterocycles. The molecule has 0 amide bonds. The van der Waals surface area contributed by atoms with Crippen molar-refractivity contribution in [2.45, 2.75) is 19.8 Å². The summed E-state index contributed by atoms with van der Waals surface area (Å²) < 4.78 is 4.51. The summed E-state index contributed by atoms with van der Waals surface area (Å²) in [5.41, 5.74) is 0.818. The number of methoxy groups -OCH3 is 1. The van der Waals surface area contributed by atoms with Crippen LogP contribution < -0.4 is 0 Å². The van der Waals surface area contributed by atoms with Crippen LogP contribution in [0.5, 0.6) is 0 Å². The largest absolute Gasteiger partial charge is 0.465 e. The third-order valence-electron chi connectivity index (χ3n) is 2.22. The third-order valence-corrected chi connectivity index (χ3v) is 2.22. The maximum atomic E-state index is 11.2. The summed E-state index contributed by atoms with van der Waals surface area (Å²) in [7, 11) is 1.24. The molecule has 0 aliphatic rings. The number of carbonyl (C=O) groups is 1. The second kappa shape index (κ2) is 5.25. The normalized spacial score (nSPS) is 9.88. The van der Waals surface area contributed by atoms with Crippen molar-refractivity contribution in [3.8, 4) is 0 Å². The van der Waals surface area contributed by atoms with E-state index >= 15 is 0 Å². The molecule has 0 atom stereocenters. The molecule has 5 nitrogen and oxygen atoms in total. The minimum Gasteiger partial charge on any atom is -0.465 e. The lowest BCUT2D eigenvalue weighted by molar-refractivity contribution is -0.385. The fraction of sp³-hybridized carbons (Fsp3) is 0.364. The number of esters is 1. The molecule has 0 bridgehead atoms. The molecule has 5 heteroatoms. The first-order valence-electron chi connectivity index (χ1n) is 4.95. The van der Waals surface area contributed by atoms with E-state index in [9.17, 15) is 14.9 Å². The predicted octanol–water partition coefficient (Wildman–Crippen LogP) is 2.33. The van der Waals surface area contributed by atoms with Crippen LogP contribution in [0.1, 0.15) is 29.3 Å². The van der Waals surface area contributed by atoms with Crippen molar-refractivity contribution in [3.05, 3.63) is 39.4 Å². The van der Waals surface area contributed by atoms with Gasteiger partial charge in [0.2, 0.25) is 0 Å². The van der Waals surface area contributed by atoms with Gasteiger partial charge in [0.25, 0.3) is 5.69 Å². The van der Waals surface area contributed by atoms with Gasteiger partial charge in [-0.1, -0.05) is 19.4 Å². The average molecular weight is 223 g/mol. The van der Waals surface area contributed by atoms with Crippen LogP contribution in [-0.2, 0) is 11.2 Å². The van der Waals surface area contributed by atoms with Crippen LogP contribution in [-0.4, -0.2) is 18.0 Å². The minimum atomic E-state index is -0.564. The number of nitro benzene ring substituents is 1. The van der Waals surface area contributed by atoms with E-state index in [1.165, 1.54) is 13.2 Å². The van der Waals surface area contributed by atoms with Crippen LogP contribution >= 0.6 is 0 Å². The molecule has 0 aliphatic carbocycles. The van der Waals surface area contributed by atoms with Crippen LogP contribution in [0.4, 0.5) is 5.69 Å². The van der Waals surface area contributed by atoms with Gasteiger partial charge in [-0.3, -0.25) is 10.1 Å². The molecule has 0 N–H and O–H groups in total. The minimum absolute atomic E-state index is 0.0234. The van der Waals surface area contributed by atoms with Gasteiger partial charge in [0.1, 0.15) is 0 Å². The first-order chi connectivity index (χ1) is 7.60. The molecule has 16 heavy (non-hydrogen) atoms. The lowest BCUT2D eigenvalue weighted by Crippen LogP contribution is -2.04. The highest BCUT2D eigenvalue weighted by Gasteiger charge is 2.16. The van der Waals surface area contributed by atoms with Gasteiger partial charge in [0.15, 0.2) is 0 Å². The second-order valence-electron chi connectivity index (χ2n) is 3.34. The van der Waals surface area contributed by atoms with Gasteiger partial charge in [-0.2, -0.15) is 0 Å². The SMILES string of the molecule is CCCc1ccc(C(=O)OC)cc1[N+](=O)[O-]. The fourth-order valence-corrected chi connectivity index (χ4v) is 1.46. The van der Waals surface area contributed by atoms with E-state index in [2.05, 4.69) is 4.74 Å². The Kier molecular flexibility index (Phi) is 3.99. The standard InChI is InChI=1S/C11H13NO4/c1-3-4-8-5-6-9(11(13)16-2)7-10(8)12(14)15/h5-7H,3-4H2,1-2H3. The Labute approximate surface area is 93.2 Å². The van der Waals surface area contributed by atoms with E-state index in [0.29, 0.717) is 12.0 Å². The van der Waals surface area contributed by atoms with Crippen molar-refractivity contribution in [2.75, 3.05) is 7.11 Å². The summed E-state index contributed by atoms with van der Waals surface area (Å²) in [5, 5.41) is 10.8. The molecular weight excluding hydrogens is 210 g/mol. The summed E-state index contributed by atoms with van der Waals surface area (Å²) >= 11 is 0. The third kappa shape index (κ3) is 2.56. The van der Waals surface area contributed by atoms with Crippen LogP contribution in [0.25, 0.3) is 0 Å². The molecule has 0 spiro atoms. The van der Waals surface area contributed by atoms with Crippen molar-refractivity contribution in [1.82, 2.24) is 0 Å². The molecule has 0 unspecified atom stereocenters. The van der Waals surface area contributed by atoms with Crippen molar-refractivity contribution in [3.63, 3.8) is 0 Å². The number of hydrogen-bond donors (Lipinski definition) is 0. The summed E-state index contributed by atoms with van der Waals surface area (Å²) in [5.74, 6) is -0.564. The molecule has 1 aromatic rings. The van der Waals surface area contributed by atoms with Crippen molar-refractivity contribution in [1.29, 1.82) is 0 Å². The van der Waals surface area contributed by atoms with Crippen molar-refractivity contribution in [2.24, 2.45) is 0 Å². The molecule has 0 aromatic heterocycles. The number of nitro groups is 1. The zero-order chi connectivity index (χ0) is 12.1. The number of carbonyl (C=O) groups excluding carboxylic acids is 1. The number of nitrogens with zero attached hydrogens (tertiary/aromatic N) is 1. The molecule has 1 aromatic carbocycles. The molecule has 86 valence electrons. The van der Waals surface area contributed by atoms with E-state index in [4.69, 9.17) is 0 Å². The van der Waals surface area contributed by atoms with Gasteiger partial charge in [0.05, 0.1) is 17.6 Å². The van der Waals surface area contributed by atoms with Gasteiger partial charge in [-0.25, -0.2) is 4.79 Å². The first kappa shape index (κ1) is 12.2. The van der Waals surface area contributed by atoms with Crippen molar-refractivity contribution < 1.29 is 14.5 Å². The lowest BCUT2D eigenvalue weighted by atomic mass is 10.1. The van der Waals surface area contributed by atoms with E-state index in [0.717, 1.165) is 6.42 Å². The molecular formula is C11H13NO4. The quantitative estimate of drug-likeness (QED) is 0.446. The maximum Gasteiger partial charge on any atom is 0.338 e. The Morgan fingerprint density at radius 2 is 2.19 bits per heavy atom. The summed E-state index contributed by atoms with van der Waals surface area (Å²) in [6.45, 7) is 1.94. The molecule has 0 radical (unpaired) electrons. The molecule has 0 saturated carbocycles. The zero-order valence-corrected chi connectivity index (χ0v) is 9.23. The Balaban J connectivity index is 3.17. The topological polar surface area (TPSA) is 69.4 Å². The number of benzene rings is 1. The smallest absolute Gasteiger partial charge is 0.338 e. The Hall–Kier alpha value is -1.91. The summed E-state index contributed by atoms with van der Waals surface area (Å²) in [4.78, 5) is 21.6. The molecule has 0 aliphatic heterocycles. The van der Waals surface area contributed by atoms with Gasteiger partial charge < -0.3 is 4.74 Å². The Morgan fingerprint density at radius 1 is 1.50 bits per heavy atom. The number of ether oxygens (including phenoxy) is 1. The highest BCUT2D eigenvalue weighted by Crippen LogP contribution is 2.22. The summed E-state index contributed by atoms with van der Waals surface area (Å²) in [6.07, 6.45) is 1.44. The molecule has 1 rings (SSSR count). The predicted molar refractivity (Wildman–Crippen MR) is 58.4 cm³/mol. The average Bonchev–Trinajstić information content (AvgIpc) is 2.28. The van der Waals surface area contributed by atoms with E-state index in [-0.39, 0.29) is 11.3 Å². The van der Waals surface area contributed by atoms with Crippen LogP contribution in [0, 0.1) is 10.1 Å². The van der Waals surface area contributed by atoms with E-state index < -0.39 is 10.9 Å². The van der Waals surface area contributed by atoms with E-state index in [1.54, 1.807) is 12.1 Å². The number of rotatable bonds is 4. The molecule has 0 fully saturated rings. The van der Waals surface area contributed by atoms with Crippen LogP contribution in [0.3, 0.4) is 0 Å². The van der Waals surface area contributed by atoms with Gasteiger partial charge in [-0.15, -0.1) is 0 Å². The zero-order valence-electron chi connectivity index (χ0n) is 9.23. The van der Waals surface area contributed by atoms with Crippen molar-refractivity contribution >= 4 is 11.7 Å². The lowest BCUT2D eigenvalue weighted by Gasteiger charge is -2.03. The second-order valence-corrected chi connectivity index (χ2v) is 3.34. The number of aryl methyl sites for hydroxylation is 1. The highest BCUT2D eigenvalue weighted by atomic mass is 16.6.